The number of fused-ring (bicyclic) bond motifs is 1. The number of nitrogens with one attached hydrogen (secondary N) is 1. The number of carbonyl (C=O) groups excluding carboxylic acids is 1. The molecule has 2 aromatic rings. The summed E-state index contributed by atoms with van der Waals surface area (Å²) < 4.78 is 40.8. The smallest absolute Gasteiger partial charge is 0.355 e. The zero-order valence-electron chi connectivity index (χ0n) is 16.9. The van der Waals surface area contributed by atoms with E-state index in [1.807, 2.05) is 6.20 Å². The van der Waals surface area contributed by atoms with Crippen LogP contribution in [0.3, 0.4) is 0 Å². The van der Waals surface area contributed by atoms with Gasteiger partial charge in [-0.15, -0.1) is 0 Å². The fourth-order valence-corrected chi connectivity index (χ4v) is 4.70. The van der Waals surface area contributed by atoms with E-state index in [0.717, 1.165) is 18.5 Å². The van der Waals surface area contributed by atoms with E-state index < -0.39 is 18.0 Å². The molecule has 164 valence electrons. The van der Waals surface area contributed by atoms with Gasteiger partial charge < -0.3 is 11.1 Å². The van der Waals surface area contributed by atoms with Gasteiger partial charge in [0, 0.05) is 18.9 Å². The van der Waals surface area contributed by atoms with Crippen molar-refractivity contribution in [3.63, 3.8) is 0 Å². The molecule has 1 amide bonds. The van der Waals surface area contributed by atoms with E-state index in [4.69, 9.17) is 5.73 Å². The van der Waals surface area contributed by atoms with Crippen LogP contribution < -0.4 is 11.1 Å². The zero-order valence-corrected chi connectivity index (χ0v) is 16.9. The fraction of sp³-hybridized carbons (Fsp3) is 0.667. The van der Waals surface area contributed by atoms with Crippen LogP contribution in [0.25, 0.3) is 5.65 Å². The summed E-state index contributed by atoms with van der Waals surface area (Å²) in [4.78, 5) is 16.7. The average molecular weight is 423 g/mol. The van der Waals surface area contributed by atoms with Crippen LogP contribution in [0.15, 0.2) is 18.3 Å². The molecule has 1 aliphatic heterocycles. The van der Waals surface area contributed by atoms with Gasteiger partial charge in [0.15, 0.2) is 5.65 Å². The Labute approximate surface area is 173 Å². The van der Waals surface area contributed by atoms with E-state index in [2.05, 4.69) is 15.4 Å². The van der Waals surface area contributed by atoms with Gasteiger partial charge in [0.2, 0.25) is 5.91 Å². The van der Waals surface area contributed by atoms with Crippen molar-refractivity contribution in [1.82, 2.24) is 19.9 Å². The third-order valence-electron chi connectivity index (χ3n) is 6.52. The molecule has 0 bridgehead atoms. The highest BCUT2D eigenvalue weighted by Crippen LogP contribution is 2.34. The van der Waals surface area contributed by atoms with Gasteiger partial charge in [-0.25, -0.2) is 9.50 Å². The van der Waals surface area contributed by atoms with Crippen molar-refractivity contribution >= 4 is 11.6 Å². The first-order chi connectivity index (χ1) is 14.3. The van der Waals surface area contributed by atoms with Gasteiger partial charge in [0.05, 0.1) is 29.5 Å². The predicted molar refractivity (Wildman–Crippen MR) is 105 cm³/mol. The molecule has 1 saturated heterocycles. The molecule has 2 aliphatic rings. The first-order valence-corrected chi connectivity index (χ1v) is 10.8. The number of aromatic nitrogens is 3. The minimum atomic E-state index is -4.31. The van der Waals surface area contributed by atoms with Crippen molar-refractivity contribution in [2.45, 2.75) is 63.6 Å². The number of hydrogen-bond acceptors (Lipinski definition) is 4. The van der Waals surface area contributed by atoms with Crippen molar-refractivity contribution < 1.29 is 18.0 Å². The van der Waals surface area contributed by atoms with Gasteiger partial charge in [-0.1, -0.05) is 25.7 Å². The monoisotopic (exact) mass is 423 g/mol. The summed E-state index contributed by atoms with van der Waals surface area (Å²) >= 11 is 0. The van der Waals surface area contributed by atoms with Crippen molar-refractivity contribution in [3.05, 3.63) is 29.7 Å². The maximum Gasteiger partial charge on any atom is 0.393 e. The number of rotatable bonds is 4. The van der Waals surface area contributed by atoms with Crippen molar-refractivity contribution in [3.8, 4) is 0 Å². The summed E-state index contributed by atoms with van der Waals surface area (Å²) in [6, 6.07) is 3.37. The Bertz CT molecular complexity index is 888. The number of halogens is 3. The summed E-state index contributed by atoms with van der Waals surface area (Å²) in [5, 5.41) is 6.88. The molecule has 9 heteroatoms. The lowest BCUT2D eigenvalue weighted by Crippen LogP contribution is -2.47. The lowest BCUT2D eigenvalue weighted by molar-refractivity contribution is -0.183. The van der Waals surface area contributed by atoms with Crippen LogP contribution in [-0.2, 0) is 11.2 Å². The molecular weight excluding hydrogens is 395 g/mol. The highest BCUT2D eigenvalue weighted by molar-refractivity contribution is 5.79. The van der Waals surface area contributed by atoms with E-state index >= 15 is 0 Å². The molecule has 3 atom stereocenters. The van der Waals surface area contributed by atoms with Crippen LogP contribution in [0.1, 0.15) is 62.4 Å². The normalized spacial score (nSPS) is 25.1. The van der Waals surface area contributed by atoms with E-state index in [1.165, 1.54) is 25.7 Å². The molecule has 1 unspecified atom stereocenters. The van der Waals surface area contributed by atoms with E-state index in [1.54, 1.807) is 16.6 Å². The fourth-order valence-electron chi connectivity index (χ4n) is 4.70. The van der Waals surface area contributed by atoms with Gasteiger partial charge >= 0.3 is 6.18 Å². The number of alkyl halides is 3. The third-order valence-corrected chi connectivity index (χ3v) is 6.52. The van der Waals surface area contributed by atoms with Crippen LogP contribution in [0, 0.1) is 17.8 Å². The summed E-state index contributed by atoms with van der Waals surface area (Å²) in [6.45, 7) is -0.352. The van der Waals surface area contributed by atoms with Crippen molar-refractivity contribution in [1.29, 1.82) is 0 Å². The van der Waals surface area contributed by atoms with Gasteiger partial charge in [0.25, 0.3) is 0 Å². The first-order valence-electron chi connectivity index (χ1n) is 10.8. The number of piperidine rings is 1. The van der Waals surface area contributed by atoms with Crippen molar-refractivity contribution in [2.75, 3.05) is 6.54 Å². The Morgan fingerprint density at radius 1 is 1.20 bits per heavy atom. The average Bonchev–Trinajstić information content (AvgIpc) is 2.93. The number of hydrogen-bond donors (Lipinski definition) is 2. The maximum atomic E-state index is 13.1. The van der Waals surface area contributed by atoms with Gasteiger partial charge in [-0.2, -0.15) is 18.3 Å². The summed E-state index contributed by atoms with van der Waals surface area (Å²) in [5.74, 6) is -2.20. The van der Waals surface area contributed by atoms with Crippen LogP contribution in [-0.4, -0.2) is 33.2 Å². The Hall–Kier alpha value is -2.16. The largest absolute Gasteiger partial charge is 0.393 e. The summed E-state index contributed by atoms with van der Waals surface area (Å²) in [7, 11) is 0. The third kappa shape index (κ3) is 4.61. The lowest BCUT2D eigenvalue weighted by atomic mass is 9.86. The number of amides is 1. The zero-order chi connectivity index (χ0) is 21.3. The predicted octanol–water partition coefficient (Wildman–Crippen LogP) is 3.56. The molecular formula is C21H28F3N5O. The first kappa shape index (κ1) is 21.1. The van der Waals surface area contributed by atoms with Gasteiger partial charge in [0.1, 0.15) is 0 Å². The van der Waals surface area contributed by atoms with Gasteiger partial charge in [-0.3, -0.25) is 4.79 Å². The highest BCUT2D eigenvalue weighted by Gasteiger charge is 2.44. The Balaban J connectivity index is 1.49. The minimum Gasteiger partial charge on any atom is -0.355 e. The Morgan fingerprint density at radius 3 is 2.63 bits per heavy atom. The van der Waals surface area contributed by atoms with E-state index in [0.29, 0.717) is 17.3 Å². The van der Waals surface area contributed by atoms with Crippen LogP contribution in [0.2, 0.25) is 0 Å². The Morgan fingerprint density at radius 2 is 1.93 bits per heavy atom. The van der Waals surface area contributed by atoms with Crippen molar-refractivity contribution in [2.24, 2.45) is 23.5 Å². The summed E-state index contributed by atoms with van der Waals surface area (Å²) in [6.07, 6.45) is 4.55. The number of nitrogens with zero attached hydrogens (tertiary/aromatic N) is 3. The molecule has 1 aliphatic carbocycles. The van der Waals surface area contributed by atoms with Crippen LogP contribution in [0.4, 0.5) is 13.2 Å². The second-order valence-electron chi connectivity index (χ2n) is 8.69. The molecule has 3 heterocycles. The highest BCUT2D eigenvalue weighted by atomic mass is 19.4. The number of nitrogens with two attached hydrogens (primary N) is 1. The molecule has 1 saturated carbocycles. The molecule has 30 heavy (non-hydrogen) atoms. The van der Waals surface area contributed by atoms with E-state index in [-0.39, 0.29) is 31.3 Å². The molecule has 4 rings (SSSR count). The summed E-state index contributed by atoms with van der Waals surface area (Å²) in [5.41, 5.74) is 8.51. The van der Waals surface area contributed by atoms with Crippen LogP contribution >= 0.6 is 0 Å². The standard InChI is InChI=1S/C21H28F3N5O/c22-21(23,24)15-9-14(20(30)26-11-15)10-16-7-8-18-27-17(12-29(18)28-16)19(25)13-5-3-1-2-4-6-13/h7-8,12-15,19H,1-6,9-11,25H2,(H,26,30)/t14?,15-,19-/m0/s1. The van der Waals surface area contributed by atoms with Gasteiger partial charge in [-0.05, 0) is 37.3 Å². The molecule has 2 aromatic heterocycles. The molecule has 3 N–H and O–H groups in total. The maximum absolute atomic E-state index is 13.1. The molecule has 0 aromatic carbocycles. The SMILES string of the molecule is N[C@H](c1cn2nc(CC3C[C@H](C(F)(F)F)CNC3=O)ccc2n1)C1CCCCCC1. The lowest BCUT2D eigenvalue weighted by Gasteiger charge is -2.30. The Kier molecular flexibility index (Phi) is 5.99. The van der Waals surface area contributed by atoms with Crippen LogP contribution in [0.5, 0.6) is 0 Å². The number of carbonyl (C=O) groups is 1. The minimum absolute atomic E-state index is 0.148. The topological polar surface area (TPSA) is 85.3 Å². The number of imidazole rings is 1. The van der Waals surface area contributed by atoms with E-state index in [9.17, 15) is 18.0 Å². The molecule has 0 radical (unpaired) electrons. The molecule has 2 fully saturated rings. The second kappa shape index (κ2) is 8.53. The molecule has 6 nitrogen and oxygen atoms in total. The second-order valence-corrected chi connectivity index (χ2v) is 8.69. The molecule has 0 spiro atoms. The quantitative estimate of drug-likeness (QED) is 0.737.